The quantitative estimate of drug-likeness (QED) is 0.802. The third kappa shape index (κ3) is 1.98. The van der Waals surface area contributed by atoms with Crippen LogP contribution in [0.4, 0.5) is 0 Å². The fourth-order valence-corrected chi connectivity index (χ4v) is 3.22. The minimum absolute atomic E-state index is 0.0384. The van der Waals surface area contributed by atoms with Gasteiger partial charge in [0.05, 0.1) is 18.7 Å². The van der Waals surface area contributed by atoms with Gasteiger partial charge >= 0.3 is 0 Å². The smallest absolute Gasteiger partial charge is 0.147 e. The highest BCUT2D eigenvalue weighted by Gasteiger charge is 2.43. The fourth-order valence-electron chi connectivity index (χ4n) is 3.22. The number of nitrogens with zero attached hydrogens (tertiary/aromatic N) is 1. The molecule has 3 nitrogen and oxygen atoms in total. The Morgan fingerprint density at radius 3 is 2.78 bits per heavy atom. The van der Waals surface area contributed by atoms with Gasteiger partial charge in [-0.1, -0.05) is 30.3 Å². The number of carbonyl (C=O) groups is 1. The van der Waals surface area contributed by atoms with Gasteiger partial charge in [-0.25, -0.2) is 0 Å². The average molecular weight is 245 g/mol. The van der Waals surface area contributed by atoms with E-state index in [1.807, 2.05) is 6.07 Å². The van der Waals surface area contributed by atoms with Crippen LogP contribution in [0.3, 0.4) is 0 Å². The van der Waals surface area contributed by atoms with Crippen molar-refractivity contribution in [2.24, 2.45) is 0 Å². The maximum atomic E-state index is 11.8. The summed E-state index contributed by atoms with van der Waals surface area (Å²) in [6, 6.07) is 10.7. The molecular formula is C15H19NO2. The summed E-state index contributed by atoms with van der Waals surface area (Å²) in [7, 11) is 0. The molecule has 3 rings (SSSR count). The van der Waals surface area contributed by atoms with E-state index in [0.29, 0.717) is 6.61 Å². The van der Waals surface area contributed by atoms with Gasteiger partial charge in [-0.05, 0) is 31.7 Å². The van der Waals surface area contributed by atoms with Gasteiger partial charge in [0, 0.05) is 0 Å². The molecule has 2 aliphatic heterocycles. The molecule has 0 bridgehead atoms. The van der Waals surface area contributed by atoms with E-state index in [-0.39, 0.29) is 24.1 Å². The first-order chi connectivity index (χ1) is 8.77. The first-order valence-corrected chi connectivity index (χ1v) is 6.72. The molecule has 2 fully saturated rings. The molecule has 0 amide bonds. The molecule has 2 aliphatic rings. The van der Waals surface area contributed by atoms with Crippen LogP contribution in [-0.4, -0.2) is 29.6 Å². The van der Waals surface area contributed by atoms with Crippen LogP contribution >= 0.6 is 0 Å². The van der Waals surface area contributed by atoms with Gasteiger partial charge in [-0.15, -0.1) is 0 Å². The van der Waals surface area contributed by atoms with Gasteiger partial charge in [-0.3, -0.25) is 9.69 Å². The van der Waals surface area contributed by atoms with E-state index in [1.165, 1.54) is 5.56 Å². The number of rotatable bonds is 2. The standard InChI is InChI=1S/C15H19NO2/c1-11(17)13-8-5-9-15-16(13)14(10-18-15)12-6-3-2-4-7-12/h2-4,6-7,13-15H,5,8-10H2,1H3/t13-,14-,15?/m0/s1. The number of carbonyl (C=O) groups excluding carboxylic acids is 1. The first kappa shape index (κ1) is 11.9. The largest absolute Gasteiger partial charge is 0.361 e. The number of ether oxygens (including phenoxy) is 1. The molecular weight excluding hydrogens is 226 g/mol. The molecule has 0 saturated carbocycles. The molecule has 0 N–H and O–H groups in total. The summed E-state index contributed by atoms with van der Waals surface area (Å²) >= 11 is 0. The lowest BCUT2D eigenvalue weighted by Gasteiger charge is -2.38. The summed E-state index contributed by atoms with van der Waals surface area (Å²) in [6.45, 7) is 2.41. The van der Waals surface area contributed by atoms with E-state index >= 15 is 0 Å². The Morgan fingerprint density at radius 2 is 2.06 bits per heavy atom. The Bertz CT molecular complexity index is 431. The summed E-state index contributed by atoms with van der Waals surface area (Å²) in [4.78, 5) is 14.1. The van der Waals surface area contributed by atoms with Gasteiger partial charge in [0.2, 0.25) is 0 Å². The molecule has 3 heteroatoms. The summed E-state index contributed by atoms with van der Waals surface area (Å²) in [5.41, 5.74) is 1.26. The molecule has 0 spiro atoms. The fraction of sp³-hybridized carbons (Fsp3) is 0.533. The second-order valence-electron chi connectivity index (χ2n) is 5.22. The van der Waals surface area contributed by atoms with Gasteiger partial charge in [0.15, 0.2) is 0 Å². The molecule has 0 aromatic heterocycles. The van der Waals surface area contributed by atoms with Crippen molar-refractivity contribution in [3.8, 4) is 0 Å². The lowest BCUT2D eigenvalue weighted by atomic mass is 9.95. The van der Waals surface area contributed by atoms with Crippen LogP contribution < -0.4 is 0 Å². The predicted molar refractivity (Wildman–Crippen MR) is 69.1 cm³/mol. The molecule has 18 heavy (non-hydrogen) atoms. The predicted octanol–water partition coefficient (Wildman–Crippen LogP) is 2.53. The zero-order valence-corrected chi connectivity index (χ0v) is 10.7. The van der Waals surface area contributed by atoms with Crippen molar-refractivity contribution in [2.75, 3.05) is 6.61 Å². The summed E-state index contributed by atoms with van der Waals surface area (Å²) in [5, 5.41) is 0. The Kier molecular flexibility index (Phi) is 3.18. The third-order valence-corrected chi connectivity index (χ3v) is 4.08. The van der Waals surface area contributed by atoms with Gasteiger partial charge < -0.3 is 4.74 Å². The number of fused-ring (bicyclic) bond motifs is 1. The molecule has 2 saturated heterocycles. The zero-order valence-electron chi connectivity index (χ0n) is 10.7. The second-order valence-corrected chi connectivity index (χ2v) is 5.22. The number of Topliss-reactive ketones (excluding diaryl/α,β-unsaturated/α-hetero) is 1. The molecule has 3 atom stereocenters. The topological polar surface area (TPSA) is 29.5 Å². The molecule has 1 unspecified atom stereocenters. The van der Waals surface area contributed by atoms with Crippen LogP contribution in [0.2, 0.25) is 0 Å². The molecule has 0 aliphatic carbocycles. The van der Waals surface area contributed by atoms with Crippen molar-refractivity contribution < 1.29 is 9.53 Å². The highest BCUT2D eigenvalue weighted by molar-refractivity contribution is 5.81. The average Bonchev–Trinajstić information content (AvgIpc) is 2.83. The van der Waals surface area contributed by atoms with Crippen molar-refractivity contribution in [1.82, 2.24) is 4.90 Å². The Morgan fingerprint density at radius 1 is 1.28 bits per heavy atom. The van der Waals surface area contributed by atoms with Gasteiger partial charge in [-0.2, -0.15) is 0 Å². The van der Waals surface area contributed by atoms with Crippen LogP contribution in [0.15, 0.2) is 30.3 Å². The molecule has 0 radical (unpaired) electrons. The molecule has 1 aromatic carbocycles. The van der Waals surface area contributed by atoms with Crippen LogP contribution in [0.25, 0.3) is 0 Å². The number of ketones is 1. The van der Waals surface area contributed by atoms with Gasteiger partial charge in [0.1, 0.15) is 12.0 Å². The van der Waals surface area contributed by atoms with E-state index < -0.39 is 0 Å². The lowest BCUT2D eigenvalue weighted by molar-refractivity contribution is -0.128. The van der Waals surface area contributed by atoms with Crippen molar-refractivity contribution >= 4 is 5.78 Å². The highest BCUT2D eigenvalue weighted by atomic mass is 16.5. The normalized spacial score (nSPS) is 32.2. The maximum absolute atomic E-state index is 11.8. The van der Waals surface area contributed by atoms with Crippen molar-refractivity contribution in [1.29, 1.82) is 0 Å². The highest BCUT2D eigenvalue weighted by Crippen LogP contribution is 2.38. The van der Waals surface area contributed by atoms with E-state index in [1.54, 1.807) is 6.92 Å². The maximum Gasteiger partial charge on any atom is 0.147 e. The Balaban J connectivity index is 1.90. The van der Waals surface area contributed by atoms with Crippen LogP contribution in [0, 0.1) is 0 Å². The summed E-state index contributed by atoms with van der Waals surface area (Å²) in [5.74, 6) is 0.270. The van der Waals surface area contributed by atoms with Crippen LogP contribution in [-0.2, 0) is 9.53 Å². The van der Waals surface area contributed by atoms with Crippen molar-refractivity contribution in [2.45, 2.75) is 44.5 Å². The van der Waals surface area contributed by atoms with E-state index in [2.05, 4.69) is 29.2 Å². The molecule has 1 aromatic rings. The van der Waals surface area contributed by atoms with E-state index in [9.17, 15) is 4.79 Å². The number of benzene rings is 1. The molecule has 96 valence electrons. The van der Waals surface area contributed by atoms with Crippen molar-refractivity contribution in [3.05, 3.63) is 35.9 Å². The zero-order chi connectivity index (χ0) is 12.5. The third-order valence-electron chi connectivity index (χ3n) is 4.08. The number of hydrogen-bond acceptors (Lipinski definition) is 3. The second kappa shape index (κ2) is 4.82. The number of piperidine rings is 1. The monoisotopic (exact) mass is 245 g/mol. The van der Waals surface area contributed by atoms with E-state index in [4.69, 9.17) is 4.74 Å². The minimum Gasteiger partial charge on any atom is -0.361 e. The summed E-state index contributed by atoms with van der Waals surface area (Å²) < 4.78 is 5.88. The van der Waals surface area contributed by atoms with Crippen LogP contribution in [0.1, 0.15) is 37.8 Å². The molecule has 2 heterocycles. The Labute approximate surface area is 108 Å². The first-order valence-electron chi connectivity index (χ1n) is 6.72. The minimum atomic E-state index is 0.0384. The SMILES string of the molecule is CC(=O)[C@@H]1CCCC2OC[C@@H](c3ccccc3)N21. The Hall–Kier alpha value is -1.19. The van der Waals surface area contributed by atoms with E-state index in [0.717, 1.165) is 19.3 Å². The lowest BCUT2D eigenvalue weighted by Crippen LogP contribution is -2.47. The van der Waals surface area contributed by atoms with Crippen molar-refractivity contribution in [3.63, 3.8) is 0 Å². The summed E-state index contributed by atoms with van der Waals surface area (Å²) in [6.07, 6.45) is 3.25. The van der Waals surface area contributed by atoms with Gasteiger partial charge in [0.25, 0.3) is 0 Å². The van der Waals surface area contributed by atoms with Crippen LogP contribution in [0.5, 0.6) is 0 Å². The number of hydrogen-bond donors (Lipinski definition) is 0.